The van der Waals surface area contributed by atoms with Crippen LogP contribution >= 0.6 is 11.6 Å². The van der Waals surface area contributed by atoms with Crippen LogP contribution in [0, 0.1) is 10.1 Å². The summed E-state index contributed by atoms with van der Waals surface area (Å²) in [6, 6.07) is 12.0. The Bertz CT molecular complexity index is 1250. The monoisotopic (exact) mass is 456 g/mol. The van der Waals surface area contributed by atoms with Crippen LogP contribution in [0.5, 0.6) is 11.5 Å². The summed E-state index contributed by atoms with van der Waals surface area (Å²) >= 11 is 5.87. The molecule has 11 heteroatoms. The highest BCUT2D eigenvalue weighted by molar-refractivity contribution is 6.30. The normalized spacial score (nSPS) is 10.8. The minimum absolute atomic E-state index is 0.0513. The summed E-state index contributed by atoms with van der Waals surface area (Å²) in [4.78, 5) is 35.5. The van der Waals surface area contributed by atoms with E-state index in [9.17, 15) is 24.8 Å². The van der Waals surface area contributed by atoms with Crippen LogP contribution < -0.4 is 15.7 Å². The van der Waals surface area contributed by atoms with Crippen molar-refractivity contribution in [1.82, 2.24) is 9.99 Å². The van der Waals surface area contributed by atoms with Gasteiger partial charge in [0.25, 0.3) is 17.2 Å². The molecule has 32 heavy (non-hydrogen) atoms. The van der Waals surface area contributed by atoms with Crippen molar-refractivity contribution < 1.29 is 19.6 Å². The van der Waals surface area contributed by atoms with Gasteiger partial charge in [0.1, 0.15) is 5.56 Å². The van der Waals surface area contributed by atoms with Gasteiger partial charge in [-0.05, 0) is 29.8 Å². The Morgan fingerprint density at radius 3 is 2.69 bits per heavy atom. The third-order valence-corrected chi connectivity index (χ3v) is 4.67. The quantitative estimate of drug-likeness (QED) is 0.318. The lowest BCUT2D eigenvalue weighted by Gasteiger charge is -2.08. The number of pyridine rings is 1. The number of hydrazone groups is 1. The SMILES string of the molecule is COc1cc([N+](=O)[O-])cc(/C=N\NC(=O)c2cccn(Cc3ccc(Cl)cc3)c2=O)c1O. The Kier molecular flexibility index (Phi) is 6.86. The summed E-state index contributed by atoms with van der Waals surface area (Å²) in [5.74, 6) is -1.30. The molecule has 1 amide bonds. The standard InChI is InChI=1S/C21H17ClN4O6/c1-32-18-10-16(26(30)31)9-14(19(18)27)11-23-24-20(28)17-3-2-8-25(21(17)29)12-13-4-6-15(22)7-5-13/h2-11,27H,12H2,1H3,(H,24,28)/b23-11-. The lowest BCUT2D eigenvalue weighted by molar-refractivity contribution is -0.385. The van der Waals surface area contributed by atoms with Crippen LogP contribution in [0.4, 0.5) is 5.69 Å². The smallest absolute Gasteiger partial charge is 0.276 e. The van der Waals surface area contributed by atoms with Crippen LogP contribution in [0.1, 0.15) is 21.5 Å². The van der Waals surface area contributed by atoms with Crippen molar-refractivity contribution in [3.63, 3.8) is 0 Å². The van der Waals surface area contributed by atoms with E-state index < -0.39 is 16.4 Å². The van der Waals surface area contributed by atoms with Gasteiger partial charge in [-0.1, -0.05) is 23.7 Å². The number of benzene rings is 2. The number of ether oxygens (including phenoxy) is 1. The molecular formula is C21H17ClN4O6. The molecule has 0 saturated heterocycles. The second kappa shape index (κ2) is 9.75. The zero-order chi connectivity index (χ0) is 23.3. The fraction of sp³-hybridized carbons (Fsp3) is 0.0952. The van der Waals surface area contributed by atoms with Gasteiger partial charge in [0, 0.05) is 22.8 Å². The Balaban J connectivity index is 1.79. The maximum absolute atomic E-state index is 12.7. The number of aromatic nitrogens is 1. The van der Waals surface area contributed by atoms with Crippen molar-refractivity contribution in [1.29, 1.82) is 0 Å². The number of nitrogens with one attached hydrogen (secondary N) is 1. The zero-order valence-corrected chi connectivity index (χ0v) is 17.4. The highest BCUT2D eigenvalue weighted by Crippen LogP contribution is 2.33. The molecule has 2 N–H and O–H groups in total. The third kappa shape index (κ3) is 5.10. The fourth-order valence-corrected chi connectivity index (χ4v) is 2.94. The van der Waals surface area contributed by atoms with Crippen LogP contribution in [0.25, 0.3) is 0 Å². The number of methoxy groups -OCH3 is 1. The molecule has 0 aliphatic heterocycles. The van der Waals surface area contributed by atoms with Gasteiger partial charge in [0.15, 0.2) is 11.5 Å². The van der Waals surface area contributed by atoms with Gasteiger partial charge in [-0.2, -0.15) is 5.10 Å². The van der Waals surface area contributed by atoms with Crippen LogP contribution in [0.2, 0.25) is 5.02 Å². The summed E-state index contributed by atoms with van der Waals surface area (Å²) < 4.78 is 6.26. The molecule has 3 rings (SSSR count). The molecule has 0 aliphatic carbocycles. The van der Waals surface area contributed by atoms with E-state index in [4.69, 9.17) is 16.3 Å². The molecule has 0 radical (unpaired) electrons. The van der Waals surface area contributed by atoms with Crippen molar-refractivity contribution in [2.75, 3.05) is 7.11 Å². The molecule has 2 aromatic carbocycles. The number of carbonyl (C=O) groups is 1. The second-order valence-corrected chi connectivity index (χ2v) is 6.96. The first-order chi connectivity index (χ1) is 15.3. The minimum atomic E-state index is -0.784. The number of nitrogens with zero attached hydrogens (tertiary/aromatic N) is 3. The first kappa shape index (κ1) is 22.5. The first-order valence-corrected chi connectivity index (χ1v) is 9.50. The molecule has 0 atom stereocenters. The number of phenolic OH excluding ortho intramolecular Hbond substituents is 1. The number of carbonyl (C=O) groups excluding carboxylic acids is 1. The third-order valence-electron chi connectivity index (χ3n) is 4.42. The van der Waals surface area contributed by atoms with Gasteiger partial charge in [-0.3, -0.25) is 19.7 Å². The van der Waals surface area contributed by atoms with E-state index >= 15 is 0 Å². The lowest BCUT2D eigenvalue weighted by atomic mass is 10.2. The molecule has 0 fully saturated rings. The van der Waals surface area contributed by atoms with Gasteiger partial charge >= 0.3 is 0 Å². The number of hydrogen-bond donors (Lipinski definition) is 2. The van der Waals surface area contributed by atoms with Crippen molar-refractivity contribution in [2.45, 2.75) is 6.54 Å². The topological polar surface area (TPSA) is 136 Å². The molecule has 3 aromatic rings. The summed E-state index contributed by atoms with van der Waals surface area (Å²) in [5, 5.41) is 25.4. The number of hydrogen-bond acceptors (Lipinski definition) is 7. The van der Waals surface area contributed by atoms with Gasteiger partial charge in [-0.15, -0.1) is 0 Å². The van der Waals surface area contributed by atoms with E-state index in [1.165, 1.54) is 17.7 Å². The molecule has 0 bridgehead atoms. The summed E-state index contributed by atoms with van der Waals surface area (Å²) in [5.41, 5.74) is 1.93. The van der Waals surface area contributed by atoms with E-state index in [1.54, 1.807) is 36.5 Å². The van der Waals surface area contributed by atoms with E-state index in [0.717, 1.165) is 23.9 Å². The van der Waals surface area contributed by atoms with Crippen molar-refractivity contribution in [3.8, 4) is 11.5 Å². The van der Waals surface area contributed by atoms with E-state index in [2.05, 4.69) is 10.5 Å². The number of non-ortho nitro benzene ring substituents is 1. The van der Waals surface area contributed by atoms with E-state index in [1.807, 2.05) is 0 Å². The molecule has 1 heterocycles. The molecule has 10 nitrogen and oxygen atoms in total. The molecule has 0 unspecified atom stereocenters. The van der Waals surface area contributed by atoms with Gasteiger partial charge in [0.2, 0.25) is 0 Å². The fourth-order valence-electron chi connectivity index (χ4n) is 2.82. The molecule has 0 aliphatic rings. The minimum Gasteiger partial charge on any atom is -0.504 e. The number of aromatic hydroxyl groups is 1. The van der Waals surface area contributed by atoms with Crippen molar-refractivity contribution in [3.05, 3.63) is 96.9 Å². The highest BCUT2D eigenvalue weighted by atomic mass is 35.5. The number of rotatable bonds is 7. The van der Waals surface area contributed by atoms with Gasteiger partial charge in [0.05, 0.1) is 30.9 Å². The number of halogens is 1. The predicted molar refractivity (Wildman–Crippen MR) is 118 cm³/mol. The Hall–Kier alpha value is -4.18. The van der Waals surface area contributed by atoms with Crippen LogP contribution in [0.3, 0.4) is 0 Å². The number of nitro benzene ring substituents is 1. The Morgan fingerprint density at radius 1 is 1.31 bits per heavy atom. The summed E-state index contributed by atoms with van der Waals surface area (Å²) in [6.07, 6.45) is 2.56. The largest absolute Gasteiger partial charge is 0.504 e. The van der Waals surface area contributed by atoms with Crippen LogP contribution in [0.15, 0.2) is 64.6 Å². The first-order valence-electron chi connectivity index (χ1n) is 9.13. The summed E-state index contributed by atoms with van der Waals surface area (Å²) in [6.45, 7) is 0.238. The highest BCUT2D eigenvalue weighted by Gasteiger charge is 2.16. The summed E-state index contributed by atoms with van der Waals surface area (Å²) in [7, 11) is 1.24. The Labute approximate surface area is 186 Å². The molecule has 0 saturated carbocycles. The van der Waals surface area contributed by atoms with Crippen LogP contribution in [-0.2, 0) is 6.54 Å². The average molecular weight is 457 g/mol. The van der Waals surface area contributed by atoms with Gasteiger partial charge < -0.3 is 14.4 Å². The molecular weight excluding hydrogens is 440 g/mol. The number of phenols is 1. The van der Waals surface area contributed by atoms with Crippen molar-refractivity contribution >= 4 is 29.4 Å². The van der Waals surface area contributed by atoms with E-state index in [0.29, 0.717) is 5.02 Å². The maximum atomic E-state index is 12.7. The second-order valence-electron chi connectivity index (χ2n) is 6.52. The zero-order valence-electron chi connectivity index (χ0n) is 16.7. The predicted octanol–water partition coefficient (Wildman–Crippen LogP) is 2.94. The van der Waals surface area contributed by atoms with E-state index in [-0.39, 0.29) is 34.9 Å². The van der Waals surface area contributed by atoms with Crippen molar-refractivity contribution in [2.24, 2.45) is 5.10 Å². The van der Waals surface area contributed by atoms with Gasteiger partial charge in [-0.25, -0.2) is 5.43 Å². The average Bonchev–Trinajstić information content (AvgIpc) is 2.77. The van der Waals surface area contributed by atoms with Crippen LogP contribution in [-0.4, -0.2) is 33.8 Å². The number of nitro groups is 1. The molecule has 0 spiro atoms. The number of amides is 1. The Morgan fingerprint density at radius 2 is 2.03 bits per heavy atom. The molecule has 1 aromatic heterocycles. The molecule has 164 valence electrons. The lowest BCUT2D eigenvalue weighted by Crippen LogP contribution is -2.30. The maximum Gasteiger partial charge on any atom is 0.276 e.